The molecule has 0 aliphatic carbocycles. The minimum atomic E-state index is 0.284. The molecule has 5 nitrogen and oxygen atoms in total. The average molecular weight is 239 g/mol. The lowest BCUT2D eigenvalue weighted by molar-refractivity contribution is 0.436. The predicted octanol–water partition coefficient (Wildman–Crippen LogP) is 2.15. The fourth-order valence-corrected chi connectivity index (χ4v) is 1.41. The highest BCUT2D eigenvalue weighted by atomic mass is 35.5. The third kappa shape index (κ3) is 2.09. The van der Waals surface area contributed by atoms with Crippen LogP contribution in [0.2, 0.25) is 5.02 Å². The third-order valence-electron chi connectivity index (χ3n) is 2.07. The zero-order valence-corrected chi connectivity index (χ0v) is 9.69. The van der Waals surface area contributed by atoms with E-state index in [4.69, 9.17) is 22.1 Å². The van der Waals surface area contributed by atoms with E-state index < -0.39 is 0 Å². The Morgan fingerprint density at radius 2 is 2.19 bits per heavy atom. The van der Waals surface area contributed by atoms with Crippen LogP contribution in [0.15, 0.2) is 18.5 Å². The molecule has 0 aliphatic heterocycles. The van der Waals surface area contributed by atoms with Crippen LogP contribution >= 0.6 is 11.6 Å². The van der Waals surface area contributed by atoms with Crippen molar-refractivity contribution < 1.29 is 4.74 Å². The van der Waals surface area contributed by atoms with Gasteiger partial charge < -0.3 is 10.5 Å². The Labute approximate surface area is 97.8 Å². The highest BCUT2D eigenvalue weighted by Gasteiger charge is 2.08. The Balaban J connectivity index is 2.31. The van der Waals surface area contributed by atoms with Crippen molar-refractivity contribution in [1.29, 1.82) is 0 Å². The maximum absolute atomic E-state index is 5.91. The van der Waals surface area contributed by atoms with Gasteiger partial charge in [0.15, 0.2) is 0 Å². The number of halogens is 1. The van der Waals surface area contributed by atoms with Crippen LogP contribution in [0.3, 0.4) is 0 Å². The topological polar surface area (TPSA) is 66.0 Å². The van der Waals surface area contributed by atoms with E-state index in [1.165, 1.54) is 0 Å². The van der Waals surface area contributed by atoms with Gasteiger partial charge in [0.25, 0.3) is 0 Å². The van der Waals surface area contributed by atoms with Crippen molar-refractivity contribution in [3.8, 4) is 11.8 Å². The largest absolute Gasteiger partial charge is 0.423 e. The number of nitrogen functional groups attached to an aromatic ring is 1. The van der Waals surface area contributed by atoms with Crippen molar-refractivity contribution in [2.75, 3.05) is 5.73 Å². The summed E-state index contributed by atoms with van der Waals surface area (Å²) >= 11 is 5.91. The van der Waals surface area contributed by atoms with Gasteiger partial charge in [0, 0.05) is 13.1 Å². The number of aromatic nitrogens is 3. The second kappa shape index (κ2) is 4.02. The molecule has 2 N–H and O–H groups in total. The van der Waals surface area contributed by atoms with Gasteiger partial charge >= 0.3 is 6.01 Å². The average Bonchev–Trinajstić information content (AvgIpc) is 2.60. The van der Waals surface area contributed by atoms with E-state index in [9.17, 15) is 0 Å². The van der Waals surface area contributed by atoms with Crippen molar-refractivity contribution in [2.24, 2.45) is 7.05 Å². The van der Waals surface area contributed by atoms with Gasteiger partial charge in [-0.2, -0.15) is 4.98 Å². The summed E-state index contributed by atoms with van der Waals surface area (Å²) in [6.07, 6.45) is 1.56. The van der Waals surface area contributed by atoms with Crippen LogP contribution in [-0.4, -0.2) is 14.8 Å². The van der Waals surface area contributed by atoms with E-state index in [0.29, 0.717) is 16.5 Å². The number of nitrogens with zero attached hydrogens (tertiary/aromatic N) is 3. The van der Waals surface area contributed by atoms with E-state index in [-0.39, 0.29) is 6.01 Å². The monoisotopic (exact) mass is 238 g/mol. The molecule has 2 rings (SSSR count). The first-order chi connectivity index (χ1) is 7.56. The smallest absolute Gasteiger partial charge is 0.340 e. The van der Waals surface area contributed by atoms with Gasteiger partial charge in [-0.05, 0) is 18.6 Å². The second-order valence-electron chi connectivity index (χ2n) is 3.44. The van der Waals surface area contributed by atoms with Crippen LogP contribution in [0.1, 0.15) is 5.56 Å². The maximum Gasteiger partial charge on any atom is 0.340 e. The number of hydrogen-bond donors (Lipinski definition) is 1. The molecule has 0 saturated heterocycles. The fraction of sp³-hybridized carbons (Fsp3) is 0.200. The molecule has 0 amide bonds. The summed E-state index contributed by atoms with van der Waals surface area (Å²) in [6.45, 7) is 1.88. The highest BCUT2D eigenvalue weighted by Crippen LogP contribution is 2.30. The van der Waals surface area contributed by atoms with Crippen molar-refractivity contribution in [3.63, 3.8) is 0 Å². The number of nitrogens with two attached hydrogens (primary N) is 1. The number of hydrogen-bond acceptors (Lipinski definition) is 4. The van der Waals surface area contributed by atoms with Crippen LogP contribution in [0, 0.1) is 6.92 Å². The Morgan fingerprint density at radius 1 is 1.44 bits per heavy atom. The minimum absolute atomic E-state index is 0.284. The van der Waals surface area contributed by atoms with Gasteiger partial charge in [-0.25, -0.2) is 0 Å². The Bertz CT molecular complexity index is 524. The second-order valence-corrected chi connectivity index (χ2v) is 3.85. The van der Waals surface area contributed by atoms with Gasteiger partial charge in [-0.3, -0.25) is 4.68 Å². The quantitative estimate of drug-likeness (QED) is 0.815. The maximum atomic E-state index is 5.91. The Hall–Kier alpha value is -1.75. The van der Waals surface area contributed by atoms with Gasteiger partial charge in [0.05, 0.1) is 10.7 Å². The molecule has 0 unspecified atom stereocenters. The lowest BCUT2D eigenvalue weighted by Crippen LogP contribution is -1.94. The van der Waals surface area contributed by atoms with E-state index in [0.717, 1.165) is 5.56 Å². The normalized spacial score (nSPS) is 10.4. The zero-order chi connectivity index (χ0) is 11.7. The lowest BCUT2D eigenvalue weighted by atomic mass is 10.2. The SMILES string of the molecule is Cc1cc(N)c(Cl)cc1Oc1ncn(C)n1. The summed E-state index contributed by atoms with van der Waals surface area (Å²) in [7, 11) is 1.77. The van der Waals surface area contributed by atoms with Crippen LogP contribution in [0.5, 0.6) is 11.8 Å². The summed E-state index contributed by atoms with van der Waals surface area (Å²) < 4.78 is 7.04. The zero-order valence-electron chi connectivity index (χ0n) is 8.94. The predicted molar refractivity (Wildman–Crippen MR) is 61.7 cm³/mol. The summed E-state index contributed by atoms with van der Waals surface area (Å²) in [5.41, 5.74) is 7.08. The molecular formula is C10H11ClN4O. The van der Waals surface area contributed by atoms with Crippen molar-refractivity contribution >= 4 is 17.3 Å². The summed E-state index contributed by atoms with van der Waals surface area (Å²) in [4.78, 5) is 3.96. The first kappa shape index (κ1) is 10.8. The fourth-order valence-electron chi connectivity index (χ4n) is 1.26. The van der Waals surface area contributed by atoms with E-state index in [1.54, 1.807) is 30.2 Å². The van der Waals surface area contributed by atoms with Crippen molar-refractivity contribution in [1.82, 2.24) is 14.8 Å². The lowest BCUT2D eigenvalue weighted by Gasteiger charge is -2.07. The van der Waals surface area contributed by atoms with Gasteiger partial charge in [0.2, 0.25) is 0 Å². The minimum Gasteiger partial charge on any atom is -0.423 e. The molecule has 0 bridgehead atoms. The Morgan fingerprint density at radius 3 is 2.81 bits per heavy atom. The van der Waals surface area contributed by atoms with E-state index in [2.05, 4.69) is 10.1 Å². The molecule has 1 heterocycles. The number of ether oxygens (including phenoxy) is 1. The van der Waals surface area contributed by atoms with E-state index >= 15 is 0 Å². The molecule has 84 valence electrons. The first-order valence-electron chi connectivity index (χ1n) is 4.65. The summed E-state index contributed by atoms with van der Waals surface area (Å²) in [6, 6.07) is 3.69. The molecule has 0 saturated carbocycles. The van der Waals surface area contributed by atoms with Gasteiger partial charge in [-0.15, -0.1) is 5.10 Å². The summed E-state index contributed by atoms with van der Waals surface area (Å²) in [5, 5.41) is 4.46. The van der Waals surface area contributed by atoms with Crippen LogP contribution < -0.4 is 10.5 Å². The molecule has 0 spiro atoms. The number of anilines is 1. The third-order valence-corrected chi connectivity index (χ3v) is 2.40. The Kier molecular flexibility index (Phi) is 2.70. The van der Waals surface area contributed by atoms with Crippen LogP contribution in [-0.2, 0) is 7.05 Å². The standard InChI is InChI=1S/C10H11ClN4O/c1-6-3-8(12)7(11)4-9(6)16-10-13-5-15(2)14-10/h3-5H,12H2,1-2H3. The van der Waals surface area contributed by atoms with Crippen molar-refractivity contribution in [2.45, 2.75) is 6.92 Å². The molecular weight excluding hydrogens is 228 g/mol. The molecule has 1 aromatic heterocycles. The van der Waals surface area contributed by atoms with Gasteiger partial charge in [-0.1, -0.05) is 11.6 Å². The van der Waals surface area contributed by atoms with Crippen molar-refractivity contribution in [3.05, 3.63) is 29.0 Å². The van der Waals surface area contributed by atoms with E-state index in [1.807, 2.05) is 6.92 Å². The summed E-state index contributed by atoms with van der Waals surface area (Å²) in [5.74, 6) is 0.602. The van der Waals surface area contributed by atoms with Crippen LogP contribution in [0.25, 0.3) is 0 Å². The molecule has 16 heavy (non-hydrogen) atoms. The molecule has 0 fully saturated rings. The molecule has 6 heteroatoms. The first-order valence-corrected chi connectivity index (χ1v) is 5.03. The number of rotatable bonds is 2. The molecule has 0 atom stereocenters. The highest BCUT2D eigenvalue weighted by molar-refractivity contribution is 6.33. The molecule has 1 aromatic carbocycles. The molecule has 2 aromatic rings. The van der Waals surface area contributed by atoms with Crippen LogP contribution in [0.4, 0.5) is 5.69 Å². The van der Waals surface area contributed by atoms with Gasteiger partial charge in [0.1, 0.15) is 12.1 Å². The number of aryl methyl sites for hydroxylation is 2. The molecule has 0 aliphatic rings. The number of benzene rings is 1. The molecule has 0 radical (unpaired) electrons.